The van der Waals surface area contributed by atoms with Crippen molar-refractivity contribution in [1.82, 2.24) is 25.5 Å². The van der Waals surface area contributed by atoms with E-state index in [1.54, 1.807) is 12.1 Å². The number of furan rings is 1. The minimum atomic E-state index is -0.755. The van der Waals surface area contributed by atoms with Gasteiger partial charge in [0.2, 0.25) is 0 Å². The Labute approximate surface area is 173 Å². The first-order chi connectivity index (χ1) is 14.5. The summed E-state index contributed by atoms with van der Waals surface area (Å²) in [5.41, 5.74) is 0.732. The highest BCUT2D eigenvalue weighted by Crippen LogP contribution is 2.21. The molecule has 2 heterocycles. The van der Waals surface area contributed by atoms with Crippen LogP contribution in [-0.4, -0.2) is 45.2 Å². The van der Waals surface area contributed by atoms with Crippen LogP contribution in [0.15, 0.2) is 53.1 Å². The van der Waals surface area contributed by atoms with Crippen molar-refractivity contribution in [3.8, 4) is 11.4 Å². The number of carbonyl (C=O) groups is 2. The molecule has 0 aliphatic heterocycles. The molecule has 0 atom stereocenters. The van der Waals surface area contributed by atoms with Crippen LogP contribution in [0.4, 0.5) is 0 Å². The highest BCUT2D eigenvalue weighted by molar-refractivity contribution is 6.15. The normalized spacial score (nSPS) is 11.5. The molecule has 1 amide bonds. The zero-order chi connectivity index (χ0) is 21.3. The van der Waals surface area contributed by atoms with Gasteiger partial charge in [-0.1, -0.05) is 44.2 Å². The van der Waals surface area contributed by atoms with Crippen LogP contribution >= 0.6 is 0 Å². The number of hydrogen-bond acceptors (Lipinski definition) is 7. The Kier molecular flexibility index (Phi) is 7.09. The number of esters is 1. The van der Waals surface area contributed by atoms with E-state index in [1.165, 1.54) is 17.0 Å². The van der Waals surface area contributed by atoms with Crippen LogP contribution in [0.25, 0.3) is 23.2 Å². The Morgan fingerprint density at radius 2 is 2.00 bits per heavy atom. The zero-order valence-corrected chi connectivity index (χ0v) is 16.8. The van der Waals surface area contributed by atoms with Crippen LogP contribution in [-0.2, 0) is 14.3 Å². The first kappa shape index (κ1) is 21.0. The number of amides is 1. The van der Waals surface area contributed by atoms with Gasteiger partial charge in [-0.2, -0.15) is 4.68 Å². The molecule has 3 rings (SSSR count). The van der Waals surface area contributed by atoms with E-state index in [2.05, 4.69) is 34.7 Å². The topological polar surface area (TPSA) is 112 Å². The van der Waals surface area contributed by atoms with E-state index in [0.717, 1.165) is 6.42 Å². The van der Waals surface area contributed by atoms with Crippen LogP contribution < -0.4 is 5.32 Å². The Morgan fingerprint density at radius 3 is 2.70 bits per heavy atom. The zero-order valence-electron chi connectivity index (χ0n) is 16.8. The molecule has 30 heavy (non-hydrogen) atoms. The molecule has 0 unspecified atom stereocenters. The fraction of sp³-hybridized carbons (Fsp3) is 0.286. The predicted octanol–water partition coefficient (Wildman–Crippen LogP) is 2.64. The lowest BCUT2D eigenvalue weighted by atomic mass is 10.1. The second-order valence-corrected chi connectivity index (χ2v) is 6.93. The standard InChI is InChI=1S/C21H23N5O4/c1-15(2)10-11-22-19(27)14-30-21(28)18(13-17-9-6-12-29-17)26-20(23-24-25-26)16-7-4-3-5-8-16/h3-9,12-13,15H,10-11,14H2,1-2H3,(H,22,27)/b18-13-. The van der Waals surface area contributed by atoms with Gasteiger partial charge in [0.15, 0.2) is 18.1 Å². The number of aromatic nitrogens is 4. The molecular formula is C21H23N5O4. The molecule has 0 spiro atoms. The lowest BCUT2D eigenvalue weighted by Gasteiger charge is -2.10. The third-order valence-corrected chi connectivity index (χ3v) is 4.14. The van der Waals surface area contributed by atoms with Crippen LogP contribution in [0, 0.1) is 5.92 Å². The van der Waals surface area contributed by atoms with Gasteiger partial charge in [-0.05, 0) is 34.9 Å². The van der Waals surface area contributed by atoms with Crippen LogP contribution in [0.2, 0.25) is 0 Å². The number of ether oxygens (including phenoxy) is 1. The van der Waals surface area contributed by atoms with Gasteiger partial charge < -0.3 is 14.5 Å². The van der Waals surface area contributed by atoms with E-state index in [1.807, 2.05) is 30.3 Å². The molecule has 0 radical (unpaired) electrons. The molecule has 9 nitrogen and oxygen atoms in total. The first-order valence-electron chi connectivity index (χ1n) is 9.58. The number of benzene rings is 1. The predicted molar refractivity (Wildman–Crippen MR) is 110 cm³/mol. The van der Waals surface area contributed by atoms with Gasteiger partial charge in [0.1, 0.15) is 5.76 Å². The van der Waals surface area contributed by atoms with Crippen LogP contribution in [0.3, 0.4) is 0 Å². The molecule has 0 bridgehead atoms. The number of carbonyl (C=O) groups excluding carboxylic acids is 2. The van der Waals surface area contributed by atoms with Crippen molar-refractivity contribution < 1.29 is 18.7 Å². The summed E-state index contributed by atoms with van der Waals surface area (Å²) in [5.74, 6) is 0.104. The summed E-state index contributed by atoms with van der Waals surface area (Å²) in [7, 11) is 0. The summed E-state index contributed by atoms with van der Waals surface area (Å²) in [5, 5.41) is 14.4. The molecule has 0 fully saturated rings. The number of hydrogen-bond donors (Lipinski definition) is 1. The Balaban J connectivity index is 1.79. The molecule has 156 valence electrons. The minimum absolute atomic E-state index is 0.0174. The van der Waals surface area contributed by atoms with Gasteiger partial charge in [-0.15, -0.1) is 5.10 Å². The number of rotatable bonds is 9. The van der Waals surface area contributed by atoms with Crippen molar-refractivity contribution in [1.29, 1.82) is 0 Å². The largest absolute Gasteiger partial charge is 0.465 e. The molecule has 9 heteroatoms. The fourth-order valence-corrected chi connectivity index (χ4v) is 2.59. The molecule has 2 aromatic heterocycles. The van der Waals surface area contributed by atoms with Crippen LogP contribution in [0.5, 0.6) is 0 Å². The van der Waals surface area contributed by atoms with E-state index in [9.17, 15) is 9.59 Å². The Hall–Kier alpha value is -3.75. The second kappa shape index (κ2) is 10.1. The molecule has 3 aromatic rings. The van der Waals surface area contributed by atoms with Crippen molar-refractivity contribution >= 4 is 23.6 Å². The number of nitrogens with zero attached hydrogens (tertiary/aromatic N) is 4. The van der Waals surface area contributed by atoms with E-state index in [0.29, 0.717) is 29.6 Å². The average Bonchev–Trinajstić information content (AvgIpc) is 3.42. The van der Waals surface area contributed by atoms with Crippen molar-refractivity contribution in [3.63, 3.8) is 0 Å². The summed E-state index contributed by atoms with van der Waals surface area (Å²) >= 11 is 0. The third kappa shape index (κ3) is 5.63. The van der Waals surface area contributed by atoms with Gasteiger partial charge in [0.05, 0.1) is 6.26 Å². The average molecular weight is 409 g/mol. The van der Waals surface area contributed by atoms with Gasteiger partial charge >= 0.3 is 5.97 Å². The van der Waals surface area contributed by atoms with E-state index in [-0.39, 0.29) is 11.6 Å². The molecule has 0 saturated heterocycles. The summed E-state index contributed by atoms with van der Waals surface area (Å²) < 4.78 is 11.8. The molecule has 1 N–H and O–H groups in total. The van der Waals surface area contributed by atoms with Crippen LogP contribution in [0.1, 0.15) is 26.0 Å². The fourth-order valence-electron chi connectivity index (χ4n) is 2.59. The smallest absolute Gasteiger partial charge is 0.357 e. The molecular weight excluding hydrogens is 386 g/mol. The first-order valence-corrected chi connectivity index (χ1v) is 9.58. The third-order valence-electron chi connectivity index (χ3n) is 4.14. The van der Waals surface area contributed by atoms with Gasteiger partial charge in [-0.25, -0.2) is 4.79 Å². The van der Waals surface area contributed by atoms with Crippen molar-refractivity contribution in [2.75, 3.05) is 13.2 Å². The lowest BCUT2D eigenvalue weighted by Crippen LogP contribution is -2.30. The highest BCUT2D eigenvalue weighted by atomic mass is 16.5. The number of nitrogens with one attached hydrogen (secondary N) is 1. The maximum Gasteiger partial charge on any atom is 0.357 e. The van der Waals surface area contributed by atoms with Gasteiger partial charge in [0, 0.05) is 18.2 Å². The molecule has 0 saturated carbocycles. The summed E-state index contributed by atoms with van der Waals surface area (Å²) in [4.78, 5) is 24.8. The van der Waals surface area contributed by atoms with Crippen molar-refractivity contribution in [2.45, 2.75) is 20.3 Å². The summed E-state index contributed by atoms with van der Waals surface area (Å²) in [6, 6.07) is 12.5. The lowest BCUT2D eigenvalue weighted by molar-refractivity contribution is -0.143. The maximum absolute atomic E-state index is 12.8. The quantitative estimate of drug-likeness (QED) is 0.427. The minimum Gasteiger partial charge on any atom is -0.465 e. The summed E-state index contributed by atoms with van der Waals surface area (Å²) in [6.07, 6.45) is 3.78. The summed E-state index contributed by atoms with van der Waals surface area (Å²) in [6.45, 7) is 4.24. The molecule has 0 aliphatic carbocycles. The Morgan fingerprint density at radius 1 is 1.20 bits per heavy atom. The molecule has 0 aliphatic rings. The monoisotopic (exact) mass is 409 g/mol. The molecule has 1 aromatic carbocycles. The van der Waals surface area contributed by atoms with Crippen molar-refractivity contribution in [3.05, 3.63) is 54.5 Å². The van der Waals surface area contributed by atoms with Gasteiger partial charge in [-0.3, -0.25) is 4.79 Å². The Bertz CT molecular complexity index is 994. The van der Waals surface area contributed by atoms with Crippen molar-refractivity contribution in [2.24, 2.45) is 5.92 Å². The second-order valence-electron chi connectivity index (χ2n) is 6.93. The maximum atomic E-state index is 12.8. The van der Waals surface area contributed by atoms with E-state index < -0.39 is 12.6 Å². The SMILES string of the molecule is CC(C)CCNC(=O)COC(=O)/C(=C/c1ccco1)n1nnnc1-c1ccccc1. The highest BCUT2D eigenvalue weighted by Gasteiger charge is 2.22. The van der Waals surface area contributed by atoms with E-state index in [4.69, 9.17) is 9.15 Å². The number of tetrazole rings is 1. The van der Waals surface area contributed by atoms with Gasteiger partial charge in [0.25, 0.3) is 5.91 Å². The van der Waals surface area contributed by atoms with E-state index >= 15 is 0 Å².